The van der Waals surface area contributed by atoms with Crippen molar-refractivity contribution in [3.63, 3.8) is 0 Å². The normalized spacial score (nSPS) is 8.97. The molecule has 0 radical (unpaired) electrons. The first-order valence-corrected chi connectivity index (χ1v) is 10.7. The first kappa shape index (κ1) is 38.2. The molecule has 0 aliphatic heterocycles. The van der Waals surface area contributed by atoms with E-state index in [1.807, 2.05) is 0 Å². The predicted octanol–water partition coefficient (Wildman–Crippen LogP) is -1.64. The summed E-state index contributed by atoms with van der Waals surface area (Å²) in [6.07, 6.45) is 1.44. The molecule has 0 saturated carbocycles. The van der Waals surface area contributed by atoms with Gasteiger partial charge in [-0.25, -0.2) is 0 Å². The van der Waals surface area contributed by atoms with Gasteiger partial charge in [0.2, 0.25) is 0 Å². The number of hydrogen-bond acceptors (Lipinski definition) is 12. The second-order valence-electron chi connectivity index (χ2n) is 6.81. The molecule has 14 nitrogen and oxygen atoms in total. The number of non-ortho nitro benzene ring substituents is 2. The maximum Gasteiger partial charge on any atom is 2.00 e. The van der Waals surface area contributed by atoms with Crippen molar-refractivity contribution in [2.45, 2.75) is 25.7 Å². The number of carbonyl (C=O) groups is 2. The van der Waals surface area contributed by atoms with Crippen molar-refractivity contribution in [3.8, 4) is 0 Å². The Bertz CT molecular complexity index is 835. The Labute approximate surface area is 227 Å². The van der Waals surface area contributed by atoms with Crippen LogP contribution in [0.15, 0.2) is 48.5 Å². The second kappa shape index (κ2) is 24.3. The molecule has 0 fully saturated rings. The Morgan fingerprint density at radius 2 is 0.838 bits per heavy atom. The van der Waals surface area contributed by atoms with Gasteiger partial charge in [-0.05, 0) is 50.1 Å². The number of nitrogens with two attached hydrogens (primary N) is 4. The molecule has 0 spiro atoms. The number of rotatable bonds is 10. The Hall–Kier alpha value is -3.36. The van der Waals surface area contributed by atoms with Gasteiger partial charge in [-0.3, -0.25) is 20.2 Å². The number of benzene rings is 2. The molecule has 0 amide bonds. The fraction of sp³-hybridized carbons (Fsp3) is 0.364. The number of nitro groups is 2. The fourth-order valence-corrected chi connectivity index (χ4v) is 2.04. The predicted molar refractivity (Wildman–Crippen MR) is 129 cm³/mol. The van der Waals surface area contributed by atoms with Gasteiger partial charge >= 0.3 is 19.5 Å². The number of carbonyl (C=O) groups excluding carboxylic acids is 2. The van der Waals surface area contributed by atoms with Gasteiger partial charge in [0.05, 0.1) is 9.85 Å². The van der Waals surface area contributed by atoms with Crippen LogP contribution in [0.4, 0.5) is 11.4 Å². The maximum absolute atomic E-state index is 10.2. The van der Waals surface area contributed by atoms with Crippen molar-refractivity contribution in [2.75, 3.05) is 26.2 Å². The molecule has 200 valence electrons. The molecule has 0 saturated heterocycles. The Kier molecular flexibility index (Phi) is 25.1. The molecule has 2 aromatic carbocycles. The summed E-state index contributed by atoms with van der Waals surface area (Å²) in [4.78, 5) is 39.6. The number of carboxylic acids is 2. The fourth-order valence-electron chi connectivity index (χ4n) is 2.04. The zero-order valence-corrected chi connectivity index (χ0v) is 23.4. The third kappa shape index (κ3) is 22.8. The van der Waals surface area contributed by atoms with Crippen molar-refractivity contribution in [3.05, 3.63) is 79.9 Å². The molecule has 0 aliphatic carbocycles. The SMILES string of the molecule is NCCCN.NCCCN.O=C([O-])Cc1ccc([N+](=O)[O-])cc1.O=C([O-])Cc1ccc([N+](=O)[O-])cc1.[Zn+2]. The average molecular weight is 574 g/mol. The number of hydrogen-bond donors (Lipinski definition) is 4. The first-order valence-electron chi connectivity index (χ1n) is 10.7. The van der Waals surface area contributed by atoms with Gasteiger partial charge in [0.1, 0.15) is 0 Å². The van der Waals surface area contributed by atoms with E-state index in [2.05, 4.69) is 0 Å². The summed E-state index contributed by atoms with van der Waals surface area (Å²) in [5, 5.41) is 40.7. The van der Waals surface area contributed by atoms with Crippen LogP contribution in [0, 0.1) is 20.2 Å². The van der Waals surface area contributed by atoms with E-state index in [1.54, 1.807) is 0 Å². The quantitative estimate of drug-likeness (QED) is 0.141. The van der Waals surface area contributed by atoms with Crippen LogP contribution in [-0.2, 0) is 41.9 Å². The topological polar surface area (TPSA) is 271 Å². The van der Waals surface area contributed by atoms with E-state index in [4.69, 9.17) is 22.9 Å². The molecular weight excluding hydrogens is 542 g/mol. The van der Waals surface area contributed by atoms with Crippen LogP contribution in [0.2, 0.25) is 0 Å². The van der Waals surface area contributed by atoms with E-state index in [-0.39, 0.29) is 43.7 Å². The number of nitro benzene ring substituents is 2. The molecule has 0 aliphatic rings. The van der Waals surface area contributed by atoms with E-state index in [9.17, 15) is 40.0 Å². The Balaban J connectivity index is -0.000000453. The Morgan fingerprint density at radius 1 is 0.595 bits per heavy atom. The van der Waals surface area contributed by atoms with Crippen molar-refractivity contribution in [1.82, 2.24) is 0 Å². The minimum absolute atomic E-state index is 0. The van der Waals surface area contributed by atoms with Crippen LogP contribution < -0.4 is 33.1 Å². The van der Waals surface area contributed by atoms with Crippen molar-refractivity contribution in [2.24, 2.45) is 22.9 Å². The second-order valence-corrected chi connectivity index (χ2v) is 6.81. The molecule has 0 aromatic heterocycles. The standard InChI is InChI=1S/2C8H7NO4.2C3H10N2.Zn/c2*10-8(11)5-6-1-3-7(4-2-6)9(12)13;2*4-2-1-3-5;/h2*1-4H,5H2,(H,10,11);2*1-5H2;/q;;;;+2/p-2. The molecule has 0 unspecified atom stereocenters. The largest absolute Gasteiger partial charge is 2.00 e. The van der Waals surface area contributed by atoms with Crippen LogP contribution in [0.3, 0.4) is 0 Å². The monoisotopic (exact) mass is 572 g/mol. The van der Waals surface area contributed by atoms with Crippen molar-refractivity contribution < 1.29 is 49.1 Å². The van der Waals surface area contributed by atoms with Crippen LogP contribution in [0.1, 0.15) is 24.0 Å². The van der Waals surface area contributed by atoms with E-state index in [0.29, 0.717) is 11.1 Å². The molecule has 37 heavy (non-hydrogen) atoms. The summed E-state index contributed by atoms with van der Waals surface area (Å²) in [6.45, 7) is 2.88. The van der Waals surface area contributed by atoms with Gasteiger partial charge in [0.15, 0.2) is 0 Å². The third-order valence-electron chi connectivity index (χ3n) is 3.81. The van der Waals surface area contributed by atoms with Gasteiger partial charge in [-0.2, -0.15) is 0 Å². The summed E-state index contributed by atoms with van der Waals surface area (Å²) in [7, 11) is 0. The molecular formula is C22H32N6O8Zn. The molecule has 2 rings (SSSR count). The van der Waals surface area contributed by atoms with Gasteiger partial charge in [-0.1, -0.05) is 24.3 Å². The number of aliphatic carboxylic acids is 2. The van der Waals surface area contributed by atoms with Crippen LogP contribution in [-0.4, -0.2) is 48.0 Å². The van der Waals surface area contributed by atoms with E-state index in [1.165, 1.54) is 48.5 Å². The number of carboxylic acid groups (broad SMARTS) is 2. The summed E-state index contributed by atoms with van der Waals surface area (Å²) in [6, 6.07) is 10.6. The molecule has 0 heterocycles. The summed E-state index contributed by atoms with van der Waals surface area (Å²) < 4.78 is 0. The zero-order chi connectivity index (χ0) is 27.9. The van der Waals surface area contributed by atoms with Crippen LogP contribution in [0.5, 0.6) is 0 Å². The van der Waals surface area contributed by atoms with Crippen molar-refractivity contribution in [1.29, 1.82) is 0 Å². The molecule has 8 N–H and O–H groups in total. The van der Waals surface area contributed by atoms with Crippen molar-refractivity contribution >= 4 is 23.3 Å². The summed E-state index contributed by atoms with van der Waals surface area (Å²) in [5.41, 5.74) is 21.1. The third-order valence-corrected chi connectivity index (χ3v) is 3.81. The van der Waals surface area contributed by atoms with Gasteiger partial charge in [0, 0.05) is 49.0 Å². The zero-order valence-electron chi connectivity index (χ0n) is 20.5. The average Bonchev–Trinajstić information content (AvgIpc) is 2.81. The minimum Gasteiger partial charge on any atom is -0.550 e. The maximum atomic E-state index is 10.2. The molecule has 0 atom stereocenters. The minimum atomic E-state index is -1.20. The van der Waals surface area contributed by atoms with Crippen LogP contribution in [0.25, 0.3) is 0 Å². The summed E-state index contributed by atoms with van der Waals surface area (Å²) >= 11 is 0. The first-order chi connectivity index (χ1) is 17.0. The number of nitrogens with zero attached hydrogens (tertiary/aromatic N) is 2. The Morgan fingerprint density at radius 3 is 0.973 bits per heavy atom. The van der Waals surface area contributed by atoms with Gasteiger partial charge < -0.3 is 42.7 Å². The molecule has 15 heteroatoms. The van der Waals surface area contributed by atoms with E-state index in [0.717, 1.165) is 39.0 Å². The smallest absolute Gasteiger partial charge is 0.550 e. The van der Waals surface area contributed by atoms with E-state index >= 15 is 0 Å². The van der Waals surface area contributed by atoms with Gasteiger partial charge in [0.25, 0.3) is 11.4 Å². The van der Waals surface area contributed by atoms with E-state index < -0.39 is 21.8 Å². The van der Waals surface area contributed by atoms with Gasteiger partial charge in [-0.15, -0.1) is 0 Å². The molecule has 0 bridgehead atoms. The summed E-state index contributed by atoms with van der Waals surface area (Å²) in [5.74, 6) is -2.40. The molecule has 2 aromatic rings. The van der Waals surface area contributed by atoms with Crippen LogP contribution >= 0.6 is 0 Å².